The third-order valence-electron chi connectivity index (χ3n) is 8.44. The topological polar surface area (TPSA) is 235 Å². The van der Waals surface area contributed by atoms with Crippen LogP contribution in [-0.4, -0.2) is 54.5 Å². The number of carbonyl (C=O) groups is 3. The number of anilines is 2. The van der Waals surface area contributed by atoms with Crippen LogP contribution in [0.2, 0.25) is 0 Å². The van der Waals surface area contributed by atoms with Gasteiger partial charge in [-0.15, -0.1) is 11.3 Å². The number of halogens is 1. The van der Waals surface area contributed by atoms with Crippen LogP contribution in [0, 0.1) is 17.7 Å². The van der Waals surface area contributed by atoms with Crippen molar-refractivity contribution in [2.75, 3.05) is 11.1 Å². The summed E-state index contributed by atoms with van der Waals surface area (Å²) in [4.78, 5) is 42.8. The highest BCUT2D eigenvalue weighted by Gasteiger charge is 2.63. The van der Waals surface area contributed by atoms with Gasteiger partial charge < -0.3 is 42.9 Å². The van der Waals surface area contributed by atoms with E-state index in [1.54, 1.807) is 17.5 Å². The first-order chi connectivity index (χ1) is 20.3. The fraction of sp³-hybridized carbons (Fsp3) is 0.241. The Kier molecular flexibility index (Phi) is 6.52. The first-order valence-corrected chi connectivity index (χ1v) is 14.0. The number of amides is 1. The van der Waals surface area contributed by atoms with Gasteiger partial charge in [0.1, 0.15) is 28.7 Å². The Morgan fingerprint density at radius 2 is 1.88 bits per heavy atom. The van der Waals surface area contributed by atoms with Crippen molar-refractivity contribution < 1.29 is 39.2 Å². The van der Waals surface area contributed by atoms with Crippen molar-refractivity contribution in [3.8, 4) is 17.0 Å². The van der Waals surface area contributed by atoms with Gasteiger partial charge in [0.25, 0.3) is 5.91 Å². The van der Waals surface area contributed by atoms with Crippen LogP contribution in [0.5, 0.6) is 5.75 Å². The van der Waals surface area contributed by atoms with Crippen LogP contribution in [0.1, 0.15) is 23.1 Å². The predicted molar refractivity (Wildman–Crippen MR) is 154 cm³/mol. The second kappa shape index (κ2) is 9.90. The number of thiazole rings is 1. The van der Waals surface area contributed by atoms with Gasteiger partial charge in [-0.3, -0.25) is 14.4 Å². The van der Waals surface area contributed by atoms with E-state index in [1.807, 2.05) is 0 Å². The minimum atomic E-state index is -2.79. The largest absolute Gasteiger partial charge is 0.508 e. The molecule has 1 amide bonds. The third kappa shape index (κ3) is 4.17. The molecule has 11 N–H and O–H groups in total. The van der Waals surface area contributed by atoms with E-state index < -0.39 is 58.0 Å². The Balaban J connectivity index is 1.35. The van der Waals surface area contributed by atoms with Gasteiger partial charge in [-0.05, 0) is 54.7 Å². The first-order valence-electron chi connectivity index (χ1n) is 13.2. The van der Waals surface area contributed by atoms with Gasteiger partial charge in [0.15, 0.2) is 16.5 Å². The summed E-state index contributed by atoms with van der Waals surface area (Å²) < 4.78 is 13.3. The number of aromatic nitrogens is 1. The predicted octanol–water partition coefficient (Wildman–Crippen LogP) is 1.82. The average molecular weight is 608 g/mol. The number of Topliss-reactive ketones (excluding diaryl/α,β-unsaturated/α-hetero) is 2. The molecule has 0 saturated heterocycles. The maximum atomic E-state index is 13.8. The highest BCUT2D eigenvalue weighted by molar-refractivity contribution is 7.14. The smallest absolute Gasteiger partial charge is 0.255 e. The van der Waals surface area contributed by atoms with Crippen LogP contribution >= 0.6 is 11.3 Å². The molecule has 1 fully saturated rings. The Morgan fingerprint density at radius 1 is 1.19 bits per heavy atom. The number of fused-ring (bicyclic) bond motifs is 3. The second-order valence-corrected chi connectivity index (χ2v) is 11.7. The molecule has 4 atom stereocenters. The van der Waals surface area contributed by atoms with E-state index in [2.05, 4.69) is 10.3 Å². The number of aromatic hydroxyl groups is 1. The van der Waals surface area contributed by atoms with E-state index in [-0.39, 0.29) is 53.3 Å². The zero-order valence-corrected chi connectivity index (χ0v) is 23.1. The van der Waals surface area contributed by atoms with E-state index in [9.17, 15) is 39.2 Å². The molecule has 6 rings (SSSR count). The van der Waals surface area contributed by atoms with Crippen LogP contribution in [0.15, 0.2) is 52.6 Å². The van der Waals surface area contributed by atoms with Crippen LogP contribution in [0.25, 0.3) is 17.0 Å². The van der Waals surface area contributed by atoms with E-state index in [0.717, 1.165) is 0 Å². The van der Waals surface area contributed by atoms with Crippen LogP contribution in [-0.2, 0) is 27.3 Å². The molecule has 0 spiro atoms. The third-order valence-corrected chi connectivity index (χ3v) is 9.24. The summed E-state index contributed by atoms with van der Waals surface area (Å²) in [6.07, 6.45) is -0.0598. The molecule has 3 aliphatic carbocycles. The summed E-state index contributed by atoms with van der Waals surface area (Å²) in [6.45, 7) is 0.0220. The molecule has 3 aliphatic rings. The Morgan fingerprint density at radius 3 is 2.56 bits per heavy atom. The highest BCUT2D eigenvalue weighted by atomic mass is 32.1. The Bertz CT molecular complexity index is 1800. The van der Waals surface area contributed by atoms with Crippen LogP contribution < -0.4 is 22.5 Å². The van der Waals surface area contributed by atoms with E-state index in [4.69, 9.17) is 17.2 Å². The minimum Gasteiger partial charge on any atom is -0.508 e. The van der Waals surface area contributed by atoms with Crippen molar-refractivity contribution >= 4 is 45.4 Å². The molecule has 14 heteroatoms. The summed E-state index contributed by atoms with van der Waals surface area (Å²) in [5, 5.41) is 50.2. The molecule has 0 aliphatic heterocycles. The number of nitrogens with one attached hydrogen (secondary N) is 1. The molecule has 12 nitrogen and oxygen atoms in total. The van der Waals surface area contributed by atoms with Gasteiger partial charge in [-0.25, -0.2) is 9.37 Å². The second-order valence-electron chi connectivity index (χ2n) is 10.8. The lowest BCUT2D eigenvalue weighted by molar-refractivity contribution is -0.149. The summed E-state index contributed by atoms with van der Waals surface area (Å²) >= 11 is 1.28. The molecule has 1 heterocycles. The van der Waals surface area contributed by atoms with Gasteiger partial charge in [0, 0.05) is 40.2 Å². The number of ketones is 2. The van der Waals surface area contributed by atoms with Gasteiger partial charge in [-0.2, -0.15) is 0 Å². The number of phenols is 1. The molecule has 2 unspecified atom stereocenters. The number of nitrogens with two attached hydrogens (primary N) is 3. The summed E-state index contributed by atoms with van der Waals surface area (Å²) in [6, 6.07) is 5.86. The molecular weight excluding hydrogens is 581 g/mol. The summed E-state index contributed by atoms with van der Waals surface area (Å²) in [5.74, 6) is -8.20. The number of primary amides is 1. The number of aliphatic hydroxyl groups is 3. The number of carbonyl (C=O) groups excluding carboxylic acids is 3. The van der Waals surface area contributed by atoms with Gasteiger partial charge >= 0.3 is 0 Å². The number of nitrogen functional groups attached to an aromatic ring is 1. The van der Waals surface area contributed by atoms with Crippen molar-refractivity contribution in [3.05, 3.63) is 75.1 Å². The number of nitrogens with zero attached hydrogens (tertiary/aromatic N) is 1. The maximum absolute atomic E-state index is 13.8. The van der Waals surface area contributed by atoms with E-state index in [1.165, 1.54) is 29.5 Å². The zero-order chi connectivity index (χ0) is 31.0. The molecule has 0 bridgehead atoms. The fourth-order valence-electron chi connectivity index (χ4n) is 6.29. The fourth-order valence-corrected chi connectivity index (χ4v) is 7.00. The molecule has 43 heavy (non-hydrogen) atoms. The number of hydrogen-bond acceptors (Lipinski definition) is 12. The van der Waals surface area contributed by atoms with Gasteiger partial charge in [0.2, 0.25) is 5.78 Å². The molecular formula is C29H26FN5O7S. The number of benzene rings is 2. The molecule has 0 radical (unpaired) electrons. The minimum absolute atomic E-state index is 0.0220. The molecule has 3 aromatic rings. The number of hydrogen-bond donors (Lipinski definition) is 8. The number of rotatable bonds is 5. The lowest BCUT2D eigenvalue weighted by Gasteiger charge is -2.48. The van der Waals surface area contributed by atoms with Crippen molar-refractivity contribution in [1.29, 1.82) is 0 Å². The Hall–Kier alpha value is -4.79. The quantitative estimate of drug-likeness (QED) is 0.118. The number of phenolic OH excluding ortho intramolecular Hbond substituents is 1. The monoisotopic (exact) mass is 607 g/mol. The SMILES string of the molecule is NC(=O)C1=C(O)[C@@]2(O)C(=O)C3=C(O)c4c(O)c(CNc5nc(-c6ccc(F)cc6)cs5)cc(N)c4CC3C[C@H]2C(N)C1=O. The molecule has 2 aromatic carbocycles. The van der Waals surface area contributed by atoms with Gasteiger partial charge in [0.05, 0.1) is 17.3 Å². The zero-order valence-electron chi connectivity index (χ0n) is 22.3. The van der Waals surface area contributed by atoms with E-state index >= 15 is 0 Å². The molecule has 222 valence electrons. The number of aliphatic hydroxyl groups excluding tert-OH is 2. The highest BCUT2D eigenvalue weighted by Crippen LogP contribution is 2.52. The molecule has 1 saturated carbocycles. The summed E-state index contributed by atoms with van der Waals surface area (Å²) in [5.41, 5.74) is 15.6. The average Bonchev–Trinajstić information content (AvgIpc) is 3.44. The van der Waals surface area contributed by atoms with Crippen molar-refractivity contribution in [2.24, 2.45) is 23.3 Å². The van der Waals surface area contributed by atoms with Crippen molar-refractivity contribution in [2.45, 2.75) is 31.0 Å². The lowest BCUT2D eigenvalue weighted by Crippen LogP contribution is -2.65. The summed E-state index contributed by atoms with van der Waals surface area (Å²) in [7, 11) is 0. The first kappa shape index (κ1) is 28.3. The Labute approximate surface area is 247 Å². The van der Waals surface area contributed by atoms with Gasteiger partial charge in [-0.1, -0.05) is 0 Å². The normalized spacial score (nSPS) is 24.9. The maximum Gasteiger partial charge on any atom is 0.255 e. The van der Waals surface area contributed by atoms with E-state index in [0.29, 0.717) is 22.0 Å². The van der Waals surface area contributed by atoms with Crippen LogP contribution in [0.4, 0.5) is 15.2 Å². The van der Waals surface area contributed by atoms with Crippen LogP contribution in [0.3, 0.4) is 0 Å². The lowest BCUT2D eigenvalue weighted by atomic mass is 9.58. The molecule has 1 aromatic heterocycles. The van der Waals surface area contributed by atoms with Crippen molar-refractivity contribution in [3.63, 3.8) is 0 Å². The standard InChI is InChI=1S/C29H26FN5O7S/c30-13-3-1-10(2-4-13)17-9-43-28(35-17)34-8-12-7-16(31)14-5-11-6-15-21(32)24(38)20(27(33)41)26(40)29(15,42)25(39)18(11)23(37)19(14)22(12)36/h1-4,7,9,11,15,21,36-37,40,42H,5-6,8,31-32H2,(H2,33,41)(H,34,35)/t11?,15-,21?,29-/m0/s1. The van der Waals surface area contributed by atoms with Crippen molar-refractivity contribution in [1.82, 2.24) is 4.98 Å².